The van der Waals surface area contributed by atoms with E-state index in [1.54, 1.807) is 23.2 Å². The van der Waals surface area contributed by atoms with Crippen LogP contribution in [-0.4, -0.2) is 40.3 Å². The van der Waals surface area contributed by atoms with Gasteiger partial charge in [-0.2, -0.15) is 5.10 Å². The van der Waals surface area contributed by atoms with Crippen LogP contribution >= 0.6 is 23.2 Å². The standard InChI is InChI=1S/C17H19Cl2N3O2/c1-3-22-11(2)13(9-20-22)17(23)21-6-7-24-16(10-21)12-4-5-14(18)15(19)8-12/h4-5,8-9,16H,3,6-7,10H2,1-2H3/t16-/m0/s1. The molecule has 1 fully saturated rings. The molecule has 0 spiro atoms. The lowest BCUT2D eigenvalue weighted by atomic mass is 10.1. The summed E-state index contributed by atoms with van der Waals surface area (Å²) in [6, 6.07) is 5.43. The van der Waals surface area contributed by atoms with Crippen LogP contribution in [0.15, 0.2) is 24.4 Å². The number of ether oxygens (including phenoxy) is 1. The van der Waals surface area contributed by atoms with Crippen molar-refractivity contribution < 1.29 is 9.53 Å². The van der Waals surface area contributed by atoms with Crippen LogP contribution in [0.3, 0.4) is 0 Å². The van der Waals surface area contributed by atoms with Crippen LogP contribution in [0.2, 0.25) is 10.0 Å². The molecule has 0 bridgehead atoms. The van der Waals surface area contributed by atoms with Gasteiger partial charge in [0.1, 0.15) is 6.10 Å². The summed E-state index contributed by atoms with van der Waals surface area (Å²) in [6.45, 7) is 6.19. The first kappa shape index (κ1) is 17.3. The van der Waals surface area contributed by atoms with Crippen molar-refractivity contribution >= 4 is 29.1 Å². The van der Waals surface area contributed by atoms with Crippen LogP contribution < -0.4 is 0 Å². The number of carbonyl (C=O) groups is 1. The molecule has 1 aliphatic heterocycles. The highest BCUT2D eigenvalue weighted by Crippen LogP contribution is 2.29. The number of amides is 1. The number of hydrogen-bond acceptors (Lipinski definition) is 3. The quantitative estimate of drug-likeness (QED) is 0.830. The van der Waals surface area contributed by atoms with Gasteiger partial charge >= 0.3 is 0 Å². The maximum Gasteiger partial charge on any atom is 0.257 e. The van der Waals surface area contributed by atoms with Gasteiger partial charge in [0.15, 0.2) is 0 Å². The average molecular weight is 368 g/mol. The van der Waals surface area contributed by atoms with E-state index in [0.717, 1.165) is 17.8 Å². The number of rotatable bonds is 3. The van der Waals surface area contributed by atoms with E-state index in [1.165, 1.54) is 0 Å². The number of nitrogens with zero attached hydrogens (tertiary/aromatic N) is 3. The second-order valence-corrected chi connectivity index (χ2v) is 6.56. The summed E-state index contributed by atoms with van der Waals surface area (Å²) in [7, 11) is 0. The van der Waals surface area contributed by atoms with Gasteiger partial charge in [-0.15, -0.1) is 0 Å². The molecule has 0 N–H and O–H groups in total. The van der Waals surface area contributed by atoms with E-state index in [0.29, 0.717) is 35.3 Å². The van der Waals surface area contributed by atoms with Gasteiger partial charge in [-0.25, -0.2) is 0 Å². The van der Waals surface area contributed by atoms with Crippen molar-refractivity contribution in [3.05, 3.63) is 51.3 Å². The molecule has 3 rings (SSSR count). The van der Waals surface area contributed by atoms with Gasteiger partial charge in [-0.3, -0.25) is 9.48 Å². The molecular formula is C17H19Cl2N3O2. The predicted octanol–water partition coefficient (Wildman–Crippen LogP) is 3.73. The van der Waals surface area contributed by atoms with Gasteiger partial charge < -0.3 is 9.64 Å². The minimum atomic E-state index is -0.209. The highest BCUT2D eigenvalue weighted by Gasteiger charge is 2.28. The third-order valence-electron chi connectivity index (χ3n) is 4.30. The van der Waals surface area contributed by atoms with E-state index in [-0.39, 0.29) is 12.0 Å². The normalized spacial score (nSPS) is 18.0. The largest absolute Gasteiger partial charge is 0.370 e. The molecule has 5 nitrogen and oxygen atoms in total. The van der Waals surface area contributed by atoms with Crippen molar-refractivity contribution in [2.45, 2.75) is 26.5 Å². The Morgan fingerprint density at radius 3 is 2.83 bits per heavy atom. The molecule has 0 saturated carbocycles. The van der Waals surface area contributed by atoms with Crippen LogP contribution in [-0.2, 0) is 11.3 Å². The molecule has 2 aromatic rings. The molecule has 0 unspecified atom stereocenters. The third-order valence-corrected chi connectivity index (χ3v) is 5.04. The fourth-order valence-electron chi connectivity index (χ4n) is 2.89. The van der Waals surface area contributed by atoms with Crippen molar-refractivity contribution in [1.29, 1.82) is 0 Å². The van der Waals surface area contributed by atoms with Crippen LogP contribution in [0.25, 0.3) is 0 Å². The van der Waals surface area contributed by atoms with E-state index in [2.05, 4.69) is 5.10 Å². The number of morpholine rings is 1. The summed E-state index contributed by atoms with van der Waals surface area (Å²) in [6.07, 6.45) is 1.43. The fraction of sp³-hybridized carbons (Fsp3) is 0.412. The smallest absolute Gasteiger partial charge is 0.257 e. The molecule has 7 heteroatoms. The summed E-state index contributed by atoms with van der Waals surface area (Å²) in [4.78, 5) is 14.6. The van der Waals surface area contributed by atoms with E-state index < -0.39 is 0 Å². The highest BCUT2D eigenvalue weighted by molar-refractivity contribution is 6.42. The van der Waals surface area contributed by atoms with Gasteiger partial charge in [-0.05, 0) is 31.5 Å². The predicted molar refractivity (Wildman–Crippen MR) is 93.7 cm³/mol. The van der Waals surface area contributed by atoms with Gasteiger partial charge in [0.25, 0.3) is 5.91 Å². The number of carbonyl (C=O) groups excluding carboxylic acids is 1. The summed E-state index contributed by atoms with van der Waals surface area (Å²) < 4.78 is 7.64. The molecular weight excluding hydrogens is 349 g/mol. The van der Waals surface area contributed by atoms with Crippen molar-refractivity contribution in [3.63, 3.8) is 0 Å². The maximum atomic E-state index is 12.8. The molecule has 24 heavy (non-hydrogen) atoms. The summed E-state index contributed by atoms with van der Waals surface area (Å²) in [5, 5.41) is 5.25. The zero-order chi connectivity index (χ0) is 17.3. The van der Waals surface area contributed by atoms with Gasteiger partial charge in [0.05, 0.1) is 35.0 Å². The Bertz CT molecular complexity index is 760. The average Bonchev–Trinajstić information content (AvgIpc) is 2.97. The molecule has 1 atom stereocenters. The molecule has 1 saturated heterocycles. The molecule has 0 aliphatic carbocycles. The fourth-order valence-corrected chi connectivity index (χ4v) is 3.20. The van der Waals surface area contributed by atoms with Crippen LogP contribution in [0, 0.1) is 6.92 Å². The van der Waals surface area contributed by atoms with E-state index in [9.17, 15) is 4.79 Å². The minimum absolute atomic E-state index is 0.0134. The highest BCUT2D eigenvalue weighted by atomic mass is 35.5. The maximum absolute atomic E-state index is 12.8. The number of hydrogen-bond donors (Lipinski definition) is 0. The van der Waals surface area contributed by atoms with E-state index >= 15 is 0 Å². The molecule has 128 valence electrons. The SMILES string of the molecule is CCn1ncc(C(=O)N2CCO[C@H](c3ccc(Cl)c(Cl)c3)C2)c1C. The Labute approximate surface area is 151 Å². The third kappa shape index (κ3) is 3.29. The van der Waals surface area contributed by atoms with Gasteiger partial charge in [0.2, 0.25) is 0 Å². The van der Waals surface area contributed by atoms with Gasteiger partial charge in [0, 0.05) is 18.8 Å². The Morgan fingerprint density at radius 2 is 2.17 bits per heavy atom. The van der Waals surface area contributed by atoms with Crippen molar-refractivity contribution in [1.82, 2.24) is 14.7 Å². The molecule has 1 aromatic heterocycles. The topological polar surface area (TPSA) is 47.4 Å². The number of halogens is 2. The number of aromatic nitrogens is 2. The summed E-state index contributed by atoms with van der Waals surface area (Å²) >= 11 is 12.1. The first-order chi connectivity index (χ1) is 11.5. The first-order valence-corrected chi connectivity index (χ1v) is 8.65. The van der Waals surface area contributed by atoms with E-state index in [1.807, 2.05) is 24.6 Å². The van der Waals surface area contributed by atoms with Crippen LogP contribution in [0.4, 0.5) is 0 Å². The molecule has 1 aliphatic rings. The number of benzene rings is 1. The van der Waals surface area contributed by atoms with Crippen molar-refractivity contribution in [2.24, 2.45) is 0 Å². The lowest BCUT2D eigenvalue weighted by Gasteiger charge is -2.33. The lowest BCUT2D eigenvalue weighted by molar-refractivity contribution is -0.0228. The monoisotopic (exact) mass is 367 g/mol. The van der Waals surface area contributed by atoms with Crippen molar-refractivity contribution in [3.8, 4) is 0 Å². The summed E-state index contributed by atoms with van der Waals surface area (Å²) in [5.74, 6) is -0.0134. The zero-order valence-corrected chi connectivity index (χ0v) is 15.1. The Balaban J connectivity index is 1.78. The second kappa shape index (κ2) is 7.13. The van der Waals surface area contributed by atoms with E-state index in [4.69, 9.17) is 27.9 Å². The Hall–Kier alpha value is -1.56. The van der Waals surface area contributed by atoms with Crippen LogP contribution in [0.5, 0.6) is 0 Å². The molecule has 0 radical (unpaired) electrons. The molecule has 1 amide bonds. The second-order valence-electron chi connectivity index (χ2n) is 5.74. The summed E-state index contributed by atoms with van der Waals surface area (Å²) in [5.41, 5.74) is 2.45. The minimum Gasteiger partial charge on any atom is -0.370 e. The lowest BCUT2D eigenvalue weighted by Crippen LogP contribution is -2.42. The molecule has 1 aromatic carbocycles. The van der Waals surface area contributed by atoms with Gasteiger partial charge in [-0.1, -0.05) is 29.3 Å². The Kier molecular flexibility index (Phi) is 5.13. The molecule has 2 heterocycles. The number of aryl methyl sites for hydroxylation is 1. The van der Waals surface area contributed by atoms with Crippen LogP contribution in [0.1, 0.15) is 34.6 Å². The first-order valence-electron chi connectivity index (χ1n) is 7.89. The Morgan fingerprint density at radius 1 is 1.38 bits per heavy atom. The zero-order valence-electron chi connectivity index (χ0n) is 13.6. The van der Waals surface area contributed by atoms with Crippen molar-refractivity contribution in [2.75, 3.05) is 19.7 Å².